The minimum Gasteiger partial charge on any atom is -0.315 e. The van der Waals surface area contributed by atoms with Gasteiger partial charge in [-0.15, -0.1) is 0 Å². The smallest absolute Gasteiger partial charge is 0.315 e. The zero-order valence-electron chi connectivity index (χ0n) is 10.9. The molecule has 0 aliphatic carbocycles. The van der Waals surface area contributed by atoms with Crippen molar-refractivity contribution in [2.75, 3.05) is 5.32 Å². The van der Waals surface area contributed by atoms with Gasteiger partial charge in [0.15, 0.2) is 5.82 Å². The van der Waals surface area contributed by atoms with Crippen molar-refractivity contribution in [3.63, 3.8) is 0 Å². The van der Waals surface area contributed by atoms with Crippen molar-refractivity contribution in [3.8, 4) is 11.5 Å². The van der Waals surface area contributed by atoms with Gasteiger partial charge in [0.05, 0.1) is 5.56 Å². The Hall–Kier alpha value is -2.55. The van der Waals surface area contributed by atoms with Gasteiger partial charge in [0.1, 0.15) is 11.5 Å². The first-order valence-electron chi connectivity index (χ1n) is 6.08. The zero-order chi connectivity index (χ0) is 15.6. The van der Waals surface area contributed by atoms with Gasteiger partial charge in [0.2, 0.25) is 5.13 Å². The molecule has 112 valence electrons. The van der Waals surface area contributed by atoms with Crippen LogP contribution in [0, 0.1) is 0 Å². The van der Waals surface area contributed by atoms with Gasteiger partial charge in [-0.25, -0.2) is 4.98 Å². The summed E-state index contributed by atoms with van der Waals surface area (Å²) in [6, 6.07) is 7.55. The largest absolute Gasteiger partial charge is 0.417 e. The number of rotatable bonds is 3. The SMILES string of the molecule is FC(F)(F)c1ccc(Nc2nc(-c3ccccn3)ns2)nc1. The summed E-state index contributed by atoms with van der Waals surface area (Å²) in [7, 11) is 0. The maximum absolute atomic E-state index is 12.4. The van der Waals surface area contributed by atoms with E-state index in [4.69, 9.17) is 0 Å². The lowest BCUT2D eigenvalue weighted by Crippen LogP contribution is -2.05. The van der Waals surface area contributed by atoms with Crippen LogP contribution >= 0.6 is 11.5 Å². The molecule has 0 unspecified atom stereocenters. The fourth-order valence-corrected chi connectivity index (χ4v) is 2.20. The number of pyridine rings is 2. The third-order valence-corrected chi connectivity index (χ3v) is 3.28. The summed E-state index contributed by atoms with van der Waals surface area (Å²) in [5.74, 6) is 0.705. The van der Waals surface area contributed by atoms with Crippen LogP contribution in [0.1, 0.15) is 5.56 Å². The van der Waals surface area contributed by atoms with Crippen molar-refractivity contribution in [1.29, 1.82) is 0 Å². The van der Waals surface area contributed by atoms with Gasteiger partial charge < -0.3 is 5.32 Å². The van der Waals surface area contributed by atoms with Gasteiger partial charge >= 0.3 is 6.18 Å². The summed E-state index contributed by atoms with van der Waals surface area (Å²) >= 11 is 1.07. The van der Waals surface area contributed by atoms with E-state index in [0.717, 1.165) is 23.8 Å². The molecule has 0 amide bonds. The van der Waals surface area contributed by atoms with E-state index < -0.39 is 11.7 Å². The second-order valence-corrected chi connectivity index (χ2v) is 4.94. The van der Waals surface area contributed by atoms with E-state index >= 15 is 0 Å². The lowest BCUT2D eigenvalue weighted by molar-refractivity contribution is -0.137. The van der Waals surface area contributed by atoms with E-state index in [2.05, 4.69) is 24.6 Å². The third kappa shape index (κ3) is 3.19. The van der Waals surface area contributed by atoms with Gasteiger partial charge in [0.25, 0.3) is 0 Å². The van der Waals surface area contributed by atoms with Crippen molar-refractivity contribution >= 4 is 22.5 Å². The summed E-state index contributed by atoms with van der Waals surface area (Å²) in [6.07, 6.45) is -2.01. The average molecular weight is 323 g/mol. The van der Waals surface area contributed by atoms with Gasteiger partial charge in [-0.05, 0) is 24.3 Å². The second-order valence-electron chi connectivity index (χ2n) is 4.19. The highest BCUT2D eigenvalue weighted by atomic mass is 32.1. The molecule has 0 spiro atoms. The number of aromatic nitrogens is 4. The molecule has 1 N–H and O–H groups in total. The molecule has 5 nitrogen and oxygen atoms in total. The van der Waals surface area contributed by atoms with Crippen molar-refractivity contribution < 1.29 is 13.2 Å². The van der Waals surface area contributed by atoms with Crippen molar-refractivity contribution in [1.82, 2.24) is 19.3 Å². The lowest BCUT2D eigenvalue weighted by Gasteiger charge is -2.06. The van der Waals surface area contributed by atoms with Crippen LogP contribution in [0.4, 0.5) is 24.1 Å². The molecule has 0 fully saturated rings. The van der Waals surface area contributed by atoms with Crippen LogP contribution in [0.3, 0.4) is 0 Å². The molecule has 3 heterocycles. The molecule has 0 aliphatic heterocycles. The maximum atomic E-state index is 12.4. The molecule has 0 atom stereocenters. The fourth-order valence-electron chi connectivity index (χ4n) is 1.62. The van der Waals surface area contributed by atoms with Crippen LogP contribution in [-0.2, 0) is 6.18 Å². The standard InChI is InChI=1S/C13H8F3N5S/c14-13(15,16)8-4-5-10(18-7-8)19-12-20-11(21-22-12)9-3-1-2-6-17-9/h1-7H,(H,18,19,20,21). The topological polar surface area (TPSA) is 63.6 Å². The van der Waals surface area contributed by atoms with E-state index in [1.165, 1.54) is 6.07 Å². The van der Waals surface area contributed by atoms with E-state index in [1.807, 2.05) is 6.07 Å². The van der Waals surface area contributed by atoms with Gasteiger partial charge in [-0.3, -0.25) is 4.98 Å². The minimum atomic E-state index is -4.40. The van der Waals surface area contributed by atoms with Crippen LogP contribution in [0.25, 0.3) is 11.5 Å². The van der Waals surface area contributed by atoms with Crippen LogP contribution in [0.15, 0.2) is 42.7 Å². The van der Waals surface area contributed by atoms with Crippen LogP contribution in [0.5, 0.6) is 0 Å². The number of hydrogen-bond donors (Lipinski definition) is 1. The normalized spacial score (nSPS) is 11.4. The molecule has 0 bridgehead atoms. The molecule has 3 aromatic rings. The van der Waals surface area contributed by atoms with E-state index in [-0.39, 0.29) is 5.82 Å². The van der Waals surface area contributed by atoms with E-state index in [9.17, 15) is 13.2 Å². The summed E-state index contributed by atoms with van der Waals surface area (Å²) in [6.45, 7) is 0. The first kappa shape index (κ1) is 14.4. The highest BCUT2D eigenvalue weighted by molar-refractivity contribution is 7.09. The molecule has 0 saturated heterocycles. The Balaban J connectivity index is 1.76. The lowest BCUT2D eigenvalue weighted by atomic mass is 10.3. The molecule has 0 saturated carbocycles. The van der Waals surface area contributed by atoms with Gasteiger partial charge in [-0.2, -0.15) is 22.5 Å². The molecule has 9 heteroatoms. The number of anilines is 2. The predicted molar refractivity (Wildman–Crippen MR) is 75.7 cm³/mol. The van der Waals surface area contributed by atoms with Crippen LogP contribution in [-0.4, -0.2) is 19.3 Å². The molecule has 3 rings (SSSR count). The molecule has 22 heavy (non-hydrogen) atoms. The zero-order valence-corrected chi connectivity index (χ0v) is 11.7. The highest BCUT2D eigenvalue weighted by Gasteiger charge is 2.30. The van der Waals surface area contributed by atoms with E-state index in [1.54, 1.807) is 18.3 Å². The maximum Gasteiger partial charge on any atom is 0.417 e. The Bertz CT molecular complexity index is 755. The molecule has 0 aromatic carbocycles. The van der Waals surface area contributed by atoms with Gasteiger partial charge in [-0.1, -0.05) is 6.07 Å². The summed E-state index contributed by atoms with van der Waals surface area (Å²) in [5, 5.41) is 3.24. The highest BCUT2D eigenvalue weighted by Crippen LogP contribution is 2.29. The first-order valence-corrected chi connectivity index (χ1v) is 6.85. The molecule has 0 aliphatic rings. The number of nitrogens with zero attached hydrogens (tertiary/aromatic N) is 4. The third-order valence-electron chi connectivity index (χ3n) is 2.65. The Kier molecular flexibility index (Phi) is 3.72. The van der Waals surface area contributed by atoms with Gasteiger partial charge in [0, 0.05) is 23.9 Å². The van der Waals surface area contributed by atoms with E-state index in [0.29, 0.717) is 16.6 Å². The fraction of sp³-hybridized carbons (Fsp3) is 0.0769. The van der Waals surface area contributed by atoms with Crippen LogP contribution < -0.4 is 5.32 Å². The summed E-state index contributed by atoms with van der Waals surface area (Å²) in [4.78, 5) is 12.1. The average Bonchev–Trinajstić information content (AvgIpc) is 2.96. The number of halogens is 3. The Morgan fingerprint density at radius 3 is 2.55 bits per heavy atom. The summed E-state index contributed by atoms with van der Waals surface area (Å²) in [5.41, 5.74) is -0.184. The number of alkyl halides is 3. The monoisotopic (exact) mass is 323 g/mol. The van der Waals surface area contributed by atoms with Crippen molar-refractivity contribution in [2.24, 2.45) is 0 Å². The molecule has 0 radical (unpaired) electrons. The number of nitrogens with one attached hydrogen (secondary N) is 1. The summed E-state index contributed by atoms with van der Waals surface area (Å²) < 4.78 is 41.5. The minimum absolute atomic E-state index is 0.261. The second kappa shape index (κ2) is 5.68. The molecule has 3 aromatic heterocycles. The Labute approximate surface area is 127 Å². The van der Waals surface area contributed by atoms with Crippen molar-refractivity contribution in [2.45, 2.75) is 6.18 Å². The molecular formula is C13H8F3N5S. The quantitative estimate of drug-likeness (QED) is 0.795. The van der Waals surface area contributed by atoms with Crippen LogP contribution in [0.2, 0.25) is 0 Å². The first-order chi connectivity index (χ1) is 10.5. The van der Waals surface area contributed by atoms with Crippen molar-refractivity contribution in [3.05, 3.63) is 48.3 Å². The molecular weight excluding hydrogens is 315 g/mol. The number of hydrogen-bond acceptors (Lipinski definition) is 6. The Morgan fingerprint density at radius 1 is 1.05 bits per heavy atom. The predicted octanol–water partition coefficient (Wildman–Crippen LogP) is 3.76. The Morgan fingerprint density at radius 2 is 1.91 bits per heavy atom.